The lowest BCUT2D eigenvalue weighted by Gasteiger charge is -2.31. The van der Waals surface area contributed by atoms with E-state index in [4.69, 9.17) is 11.6 Å². The van der Waals surface area contributed by atoms with E-state index in [9.17, 15) is 4.79 Å². The zero-order valence-electron chi connectivity index (χ0n) is 10.4. The molecule has 1 aliphatic heterocycles. The van der Waals surface area contributed by atoms with E-state index < -0.39 is 0 Å². The number of rotatable bonds is 3. The summed E-state index contributed by atoms with van der Waals surface area (Å²) in [7, 11) is 0. The first-order valence-electron chi connectivity index (χ1n) is 6.14. The van der Waals surface area contributed by atoms with Crippen LogP contribution in [0.1, 0.15) is 6.92 Å². The smallest absolute Gasteiger partial charge is 0.238 e. The fraction of sp³-hybridized carbons (Fsp3) is 0.462. The van der Waals surface area contributed by atoms with E-state index in [-0.39, 0.29) is 5.91 Å². The number of halogens is 1. The monoisotopic (exact) mass is 267 g/mol. The molecule has 2 rings (SSSR count). The first-order chi connectivity index (χ1) is 8.63. The highest BCUT2D eigenvalue weighted by Crippen LogP contribution is 2.13. The number of nitrogens with zero attached hydrogens (tertiary/aromatic N) is 1. The molecule has 1 aromatic rings. The van der Waals surface area contributed by atoms with Gasteiger partial charge in [-0.3, -0.25) is 9.69 Å². The second kappa shape index (κ2) is 6.18. The molecule has 1 aromatic carbocycles. The van der Waals surface area contributed by atoms with Gasteiger partial charge in [-0.1, -0.05) is 11.6 Å². The Kier molecular flexibility index (Phi) is 4.58. The summed E-state index contributed by atoms with van der Waals surface area (Å²) in [6, 6.07) is 7.59. The Hall–Kier alpha value is -1.10. The zero-order chi connectivity index (χ0) is 13.0. The van der Waals surface area contributed by atoms with Crippen LogP contribution in [0.3, 0.4) is 0 Å². The lowest BCUT2D eigenvalue weighted by atomic mass is 10.2. The molecule has 1 aliphatic rings. The van der Waals surface area contributed by atoms with Gasteiger partial charge in [0.1, 0.15) is 0 Å². The summed E-state index contributed by atoms with van der Waals surface area (Å²) < 4.78 is 0. The van der Waals surface area contributed by atoms with Gasteiger partial charge >= 0.3 is 0 Å². The minimum absolute atomic E-state index is 0.0198. The number of hydrogen-bond donors (Lipinski definition) is 2. The van der Waals surface area contributed by atoms with Crippen LogP contribution in [0, 0.1) is 0 Å². The molecule has 2 N–H and O–H groups in total. The summed E-state index contributed by atoms with van der Waals surface area (Å²) in [5, 5.41) is 6.89. The number of amides is 1. The summed E-state index contributed by atoms with van der Waals surface area (Å²) in [6.07, 6.45) is 0. The van der Waals surface area contributed by atoms with E-state index in [1.165, 1.54) is 0 Å². The van der Waals surface area contributed by atoms with Gasteiger partial charge in [0.15, 0.2) is 0 Å². The maximum Gasteiger partial charge on any atom is 0.238 e. The second-order valence-electron chi connectivity index (χ2n) is 4.65. The molecule has 98 valence electrons. The van der Waals surface area contributed by atoms with E-state index in [1.54, 1.807) is 24.3 Å². The molecule has 0 unspecified atom stereocenters. The molecule has 5 heteroatoms. The number of piperazine rings is 1. The molecule has 1 saturated heterocycles. The summed E-state index contributed by atoms with van der Waals surface area (Å²) in [5.41, 5.74) is 0.785. The van der Waals surface area contributed by atoms with Crippen LogP contribution in [0.4, 0.5) is 5.69 Å². The molecule has 18 heavy (non-hydrogen) atoms. The first kappa shape index (κ1) is 13.3. The fourth-order valence-electron chi connectivity index (χ4n) is 2.09. The van der Waals surface area contributed by atoms with Gasteiger partial charge in [0, 0.05) is 36.4 Å². The maximum atomic E-state index is 11.9. The van der Waals surface area contributed by atoms with E-state index in [0.29, 0.717) is 17.6 Å². The normalized spacial score (nSPS) is 20.7. The van der Waals surface area contributed by atoms with Gasteiger partial charge in [-0.2, -0.15) is 0 Å². The third-order valence-corrected chi connectivity index (χ3v) is 3.20. The minimum atomic E-state index is 0.0198. The predicted molar refractivity (Wildman–Crippen MR) is 74.0 cm³/mol. The van der Waals surface area contributed by atoms with Crippen molar-refractivity contribution in [3.8, 4) is 0 Å². The Balaban J connectivity index is 1.83. The largest absolute Gasteiger partial charge is 0.325 e. The molecule has 1 amide bonds. The van der Waals surface area contributed by atoms with Crippen LogP contribution in [-0.4, -0.2) is 43.0 Å². The van der Waals surface area contributed by atoms with Crippen molar-refractivity contribution in [3.05, 3.63) is 29.3 Å². The molecular weight excluding hydrogens is 250 g/mol. The number of carbonyl (C=O) groups excluding carboxylic acids is 1. The van der Waals surface area contributed by atoms with Crippen LogP contribution in [0.25, 0.3) is 0 Å². The van der Waals surface area contributed by atoms with Gasteiger partial charge in [-0.05, 0) is 31.2 Å². The van der Waals surface area contributed by atoms with Crippen LogP contribution in [0.5, 0.6) is 0 Å². The standard InChI is InChI=1S/C13H18ClN3O/c1-10-8-17(7-6-15-10)9-13(18)16-12-4-2-11(14)3-5-12/h2-5,10,15H,6-9H2,1H3,(H,16,18)/t10-/m1/s1. The summed E-state index contributed by atoms with van der Waals surface area (Å²) in [5.74, 6) is 0.0198. The van der Waals surface area contributed by atoms with Crippen molar-refractivity contribution in [2.45, 2.75) is 13.0 Å². The second-order valence-corrected chi connectivity index (χ2v) is 5.08. The molecule has 1 heterocycles. The minimum Gasteiger partial charge on any atom is -0.325 e. The van der Waals surface area contributed by atoms with Crippen molar-refractivity contribution < 1.29 is 4.79 Å². The van der Waals surface area contributed by atoms with Gasteiger partial charge in [0.05, 0.1) is 6.54 Å². The van der Waals surface area contributed by atoms with Crippen molar-refractivity contribution in [3.63, 3.8) is 0 Å². The van der Waals surface area contributed by atoms with Gasteiger partial charge in [0.25, 0.3) is 0 Å². The third kappa shape index (κ3) is 3.98. The lowest BCUT2D eigenvalue weighted by molar-refractivity contribution is -0.117. The van der Waals surface area contributed by atoms with Crippen LogP contribution >= 0.6 is 11.6 Å². The Morgan fingerprint density at radius 2 is 2.22 bits per heavy atom. The van der Waals surface area contributed by atoms with Crippen molar-refractivity contribution in [1.29, 1.82) is 0 Å². The number of anilines is 1. The van der Waals surface area contributed by atoms with Crippen LogP contribution in [-0.2, 0) is 4.79 Å². The Morgan fingerprint density at radius 3 is 2.89 bits per heavy atom. The molecule has 1 fully saturated rings. The van der Waals surface area contributed by atoms with Crippen molar-refractivity contribution in [2.75, 3.05) is 31.5 Å². The molecule has 0 saturated carbocycles. The maximum absolute atomic E-state index is 11.9. The average molecular weight is 268 g/mol. The Bertz CT molecular complexity index is 407. The SMILES string of the molecule is C[C@@H]1CN(CC(=O)Nc2ccc(Cl)cc2)CCN1. The third-order valence-electron chi connectivity index (χ3n) is 2.95. The molecule has 0 aromatic heterocycles. The summed E-state index contributed by atoms with van der Waals surface area (Å²) in [6.45, 7) is 5.33. The topological polar surface area (TPSA) is 44.4 Å². The quantitative estimate of drug-likeness (QED) is 0.874. The van der Waals surface area contributed by atoms with E-state index in [1.807, 2.05) is 0 Å². The lowest BCUT2D eigenvalue weighted by Crippen LogP contribution is -2.51. The highest BCUT2D eigenvalue weighted by atomic mass is 35.5. The molecular formula is C13H18ClN3O. The van der Waals surface area contributed by atoms with E-state index in [0.717, 1.165) is 25.3 Å². The van der Waals surface area contributed by atoms with Crippen molar-refractivity contribution >= 4 is 23.2 Å². The number of hydrogen-bond acceptors (Lipinski definition) is 3. The highest BCUT2D eigenvalue weighted by molar-refractivity contribution is 6.30. The van der Waals surface area contributed by atoms with Gasteiger partial charge < -0.3 is 10.6 Å². The Labute approximate surface area is 112 Å². The molecule has 0 radical (unpaired) electrons. The van der Waals surface area contributed by atoms with Gasteiger partial charge in [-0.25, -0.2) is 0 Å². The molecule has 0 bridgehead atoms. The average Bonchev–Trinajstić information content (AvgIpc) is 2.32. The van der Waals surface area contributed by atoms with Crippen LogP contribution in [0.15, 0.2) is 24.3 Å². The van der Waals surface area contributed by atoms with Crippen molar-refractivity contribution in [2.24, 2.45) is 0 Å². The summed E-state index contributed by atoms with van der Waals surface area (Å²) in [4.78, 5) is 14.0. The number of nitrogens with one attached hydrogen (secondary N) is 2. The first-order valence-corrected chi connectivity index (χ1v) is 6.52. The number of benzene rings is 1. The summed E-state index contributed by atoms with van der Waals surface area (Å²) >= 11 is 5.79. The molecule has 4 nitrogen and oxygen atoms in total. The van der Waals surface area contributed by atoms with E-state index >= 15 is 0 Å². The van der Waals surface area contributed by atoms with Crippen LogP contribution in [0.2, 0.25) is 5.02 Å². The molecule has 0 spiro atoms. The Morgan fingerprint density at radius 1 is 1.50 bits per heavy atom. The van der Waals surface area contributed by atoms with Gasteiger partial charge in [0.2, 0.25) is 5.91 Å². The van der Waals surface area contributed by atoms with Gasteiger partial charge in [-0.15, -0.1) is 0 Å². The predicted octanol–water partition coefficient (Wildman–Crippen LogP) is 1.57. The highest BCUT2D eigenvalue weighted by Gasteiger charge is 2.17. The fourth-order valence-corrected chi connectivity index (χ4v) is 2.22. The molecule has 1 atom stereocenters. The number of carbonyl (C=O) groups is 1. The van der Waals surface area contributed by atoms with E-state index in [2.05, 4.69) is 22.5 Å². The van der Waals surface area contributed by atoms with Crippen LogP contribution < -0.4 is 10.6 Å². The zero-order valence-corrected chi connectivity index (χ0v) is 11.2. The van der Waals surface area contributed by atoms with Crippen molar-refractivity contribution in [1.82, 2.24) is 10.2 Å². The molecule has 0 aliphatic carbocycles.